The molecule has 0 aromatic heterocycles. The number of hydrogen-bond acceptors (Lipinski definition) is 7. The van der Waals surface area contributed by atoms with E-state index in [1.807, 2.05) is 85.7 Å². The Bertz CT molecular complexity index is 954. The molecule has 1 aliphatic heterocycles. The van der Waals surface area contributed by atoms with Gasteiger partial charge in [-0.25, -0.2) is 9.59 Å². The van der Waals surface area contributed by atoms with Gasteiger partial charge in [-0.05, 0) is 80.2 Å². The van der Waals surface area contributed by atoms with E-state index in [9.17, 15) is 14.7 Å². The molecule has 0 radical (unpaired) electrons. The van der Waals surface area contributed by atoms with Gasteiger partial charge in [0.2, 0.25) is 0 Å². The lowest BCUT2D eigenvalue weighted by atomic mass is 10.0. The Morgan fingerprint density at radius 3 is 2.03 bits per heavy atom. The molecule has 1 aromatic carbocycles. The maximum atomic E-state index is 13.2. The monoisotopic (exact) mass is 548 g/mol. The second-order valence-corrected chi connectivity index (χ2v) is 13.1. The highest BCUT2D eigenvalue weighted by Gasteiger charge is 2.54. The normalized spacial score (nSPS) is 24.2. The Kier molecular flexibility index (Phi) is 9.94. The van der Waals surface area contributed by atoms with Crippen molar-refractivity contribution in [2.24, 2.45) is 5.92 Å². The molecule has 1 heterocycles. The topological polar surface area (TPSA) is 97.8 Å². The Morgan fingerprint density at radius 2 is 1.44 bits per heavy atom. The lowest BCUT2D eigenvalue weighted by Crippen LogP contribution is -2.44. The fraction of sp³-hybridized carbons (Fsp3) is 0.733. The van der Waals surface area contributed by atoms with Crippen LogP contribution in [-0.4, -0.2) is 88.6 Å². The van der Waals surface area contributed by atoms with Crippen LogP contribution in [0.15, 0.2) is 30.3 Å². The molecule has 0 unspecified atom stereocenters. The van der Waals surface area contributed by atoms with Crippen molar-refractivity contribution in [2.45, 2.75) is 110 Å². The Labute approximate surface area is 233 Å². The summed E-state index contributed by atoms with van der Waals surface area (Å²) in [7, 11) is 0. The highest BCUT2D eigenvalue weighted by molar-refractivity contribution is 5.69. The summed E-state index contributed by atoms with van der Waals surface area (Å²) in [5.74, 6) is -0.877. The van der Waals surface area contributed by atoms with Gasteiger partial charge in [0.15, 0.2) is 5.79 Å². The molecule has 2 aliphatic rings. The summed E-state index contributed by atoms with van der Waals surface area (Å²) in [5, 5.41) is 10.6. The first kappa shape index (κ1) is 31.2. The molecule has 0 spiro atoms. The molecule has 9 heteroatoms. The molecule has 220 valence electrons. The largest absolute Gasteiger partial charge is 0.444 e. The van der Waals surface area contributed by atoms with Crippen LogP contribution < -0.4 is 0 Å². The first-order chi connectivity index (χ1) is 18.0. The number of hydrogen-bond donors (Lipinski definition) is 1. The van der Waals surface area contributed by atoms with Crippen LogP contribution in [-0.2, 0) is 25.4 Å². The van der Waals surface area contributed by atoms with Crippen LogP contribution in [0.25, 0.3) is 0 Å². The fourth-order valence-electron chi connectivity index (χ4n) is 5.08. The van der Waals surface area contributed by atoms with E-state index in [1.165, 1.54) is 0 Å². The molecule has 39 heavy (non-hydrogen) atoms. The van der Waals surface area contributed by atoms with Crippen molar-refractivity contribution in [3.63, 3.8) is 0 Å². The molecule has 3 rings (SSSR count). The van der Waals surface area contributed by atoms with Crippen molar-refractivity contribution in [3.8, 4) is 0 Å². The molecule has 1 saturated heterocycles. The summed E-state index contributed by atoms with van der Waals surface area (Å²) in [4.78, 5) is 29.6. The van der Waals surface area contributed by atoms with Crippen LogP contribution in [0.5, 0.6) is 0 Å². The standard InChI is InChI=1S/C30H48N2O7/c1-28(2,3)38-26(34)31(18-15-21-13-10-9-11-14-21)16-12-17-32(27(35)39-29(4,5)6)20-22-19-23(33)25-24(22)36-30(7,8)37-25/h9-11,13-14,22-25,33H,12,15-20H2,1-8H3/t22-,23+,24-,25+/m1/s1. The number of aliphatic hydroxyl groups excluding tert-OH is 1. The molecule has 1 aromatic rings. The van der Waals surface area contributed by atoms with Crippen molar-refractivity contribution >= 4 is 12.2 Å². The number of benzene rings is 1. The van der Waals surface area contributed by atoms with Crippen molar-refractivity contribution in [1.29, 1.82) is 0 Å². The second kappa shape index (κ2) is 12.4. The second-order valence-electron chi connectivity index (χ2n) is 13.1. The van der Waals surface area contributed by atoms with Crippen LogP contribution in [0.4, 0.5) is 9.59 Å². The van der Waals surface area contributed by atoms with Crippen molar-refractivity contribution in [2.75, 3.05) is 26.2 Å². The molecule has 2 fully saturated rings. The van der Waals surface area contributed by atoms with Gasteiger partial charge < -0.3 is 33.9 Å². The number of nitrogens with zero attached hydrogens (tertiary/aromatic N) is 2. The zero-order chi connectivity index (χ0) is 29.0. The van der Waals surface area contributed by atoms with E-state index < -0.39 is 35.3 Å². The van der Waals surface area contributed by atoms with Crippen LogP contribution in [0.1, 0.15) is 73.8 Å². The van der Waals surface area contributed by atoms with E-state index in [1.54, 1.807) is 9.80 Å². The summed E-state index contributed by atoms with van der Waals surface area (Å²) in [6.45, 7) is 16.4. The van der Waals surface area contributed by atoms with Crippen LogP contribution in [0.3, 0.4) is 0 Å². The minimum atomic E-state index is -0.779. The molecule has 2 amide bonds. The number of carbonyl (C=O) groups excluding carboxylic acids is 2. The van der Waals surface area contributed by atoms with Crippen molar-refractivity contribution in [1.82, 2.24) is 9.80 Å². The van der Waals surface area contributed by atoms with Gasteiger partial charge in [-0.3, -0.25) is 0 Å². The zero-order valence-corrected chi connectivity index (χ0v) is 24.9. The molecule has 0 bridgehead atoms. The first-order valence-corrected chi connectivity index (χ1v) is 14.1. The predicted molar refractivity (Wildman–Crippen MR) is 148 cm³/mol. The molecular formula is C30H48N2O7. The number of amides is 2. The molecule has 1 saturated carbocycles. The van der Waals surface area contributed by atoms with Gasteiger partial charge in [-0.15, -0.1) is 0 Å². The van der Waals surface area contributed by atoms with E-state index in [0.29, 0.717) is 45.4 Å². The molecule has 1 N–H and O–H groups in total. The van der Waals surface area contributed by atoms with E-state index in [-0.39, 0.29) is 18.1 Å². The number of aliphatic hydroxyl groups is 1. The van der Waals surface area contributed by atoms with Crippen molar-refractivity contribution < 1.29 is 33.6 Å². The SMILES string of the molecule is CC(C)(C)OC(=O)N(CCCN(C[C@H]1C[C@H](O)[C@@H]2OC(C)(C)O[C@H]12)C(=O)OC(C)(C)C)CCc1ccccc1. The summed E-state index contributed by atoms with van der Waals surface area (Å²) in [6, 6.07) is 10.0. The summed E-state index contributed by atoms with van der Waals surface area (Å²) in [6.07, 6.45) is -0.440. The van der Waals surface area contributed by atoms with Gasteiger partial charge in [-0.1, -0.05) is 30.3 Å². The maximum Gasteiger partial charge on any atom is 0.410 e. The third-order valence-electron chi connectivity index (χ3n) is 6.68. The average Bonchev–Trinajstić information content (AvgIpc) is 3.26. The van der Waals surface area contributed by atoms with Crippen LogP contribution >= 0.6 is 0 Å². The van der Waals surface area contributed by atoms with Crippen molar-refractivity contribution in [3.05, 3.63) is 35.9 Å². The molecule has 4 atom stereocenters. The van der Waals surface area contributed by atoms with E-state index in [4.69, 9.17) is 18.9 Å². The van der Waals surface area contributed by atoms with Crippen LogP contribution in [0, 0.1) is 5.92 Å². The van der Waals surface area contributed by atoms with E-state index >= 15 is 0 Å². The average molecular weight is 549 g/mol. The highest BCUT2D eigenvalue weighted by Crippen LogP contribution is 2.42. The lowest BCUT2D eigenvalue weighted by molar-refractivity contribution is -0.167. The maximum absolute atomic E-state index is 13.2. The fourth-order valence-corrected chi connectivity index (χ4v) is 5.08. The minimum Gasteiger partial charge on any atom is -0.444 e. The lowest BCUT2D eigenvalue weighted by Gasteiger charge is -2.32. The number of carbonyl (C=O) groups is 2. The minimum absolute atomic E-state index is 0.0978. The summed E-state index contributed by atoms with van der Waals surface area (Å²) >= 11 is 0. The number of ether oxygens (including phenoxy) is 4. The highest BCUT2D eigenvalue weighted by atomic mass is 16.8. The van der Waals surface area contributed by atoms with Gasteiger partial charge in [0, 0.05) is 32.1 Å². The Balaban J connectivity index is 1.68. The first-order valence-electron chi connectivity index (χ1n) is 14.1. The van der Waals surface area contributed by atoms with E-state index in [2.05, 4.69) is 0 Å². The predicted octanol–water partition coefficient (Wildman–Crippen LogP) is 4.99. The summed E-state index contributed by atoms with van der Waals surface area (Å²) < 4.78 is 23.4. The van der Waals surface area contributed by atoms with Gasteiger partial charge >= 0.3 is 12.2 Å². The molecule has 1 aliphatic carbocycles. The van der Waals surface area contributed by atoms with Crippen LogP contribution in [0.2, 0.25) is 0 Å². The van der Waals surface area contributed by atoms with Gasteiger partial charge in [0.1, 0.15) is 17.3 Å². The smallest absolute Gasteiger partial charge is 0.410 e. The van der Waals surface area contributed by atoms with E-state index in [0.717, 1.165) is 5.56 Å². The summed E-state index contributed by atoms with van der Waals surface area (Å²) in [5.41, 5.74) is -0.125. The number of fused-ring (bicyclic) bond motifs is 1. The molecular weight excluding hydrogens is 500 g/mol. The number of rotatable bonds is 9. The quantitative estimate of drug-likeness (QED) is 0.464. The Hall–Kier alpha value is -2.36. The zero-order valence-electron chi connectivity index (χ0n) is 24.9. The van der Waals surface area contributed by atoms with Gasteiger partial charge in [-0.2, -0.15) is 0 Å². The third kappa shape index (κ3) is 9.65. The van der Waals surface area contributed by atoms with Gasteiger partial charge in [0.25, 0.3) is 0 Å². The third-order valence-corrected chi connectivity index (χ3v) is 6.68. The van der Waals surface area contributed by atoms with Gasteiger partial charge in [0.05, 0.1) is 12.2 Å². The Morgan fingerprint density at radius 1 is 0.897 bits per heavy atom. The molecule has 9 nitrogen and oxygen atoms in total.